The first-order valence-corrected chi connectivity index (χ1v) is 9.98. The monoisotopic (exact) mass is 397 g/mol. The number of H-pyrrole nitrogens is 1. The molecular formula is C21H23N3O3S. The number of nitrogens with zero attached hydrogens (tertiary/aromatic N) is 1. The Morgan fingerprint density at radius 2 is 1.93 bits per heavy atom. The number of benzene rings is 1. The average Bonchev–Trinajstić information content (AvgIpc) is 3.24. The number of hydrogen-bond donors (Lipinski definition) is 2. The minimum Gasteiger partial charge on any atom is -0.494 e. The van der Waals surface area contributed by atoms with Crippen LogP contribution in [0, 0.1) is 13.8 Å². The second kappa shape index (κ2) is 8.39. The highest BCUT2D eigenvalue weighted by molar-refractivity contribution is 7.14. The van der Waals surface area contributed by atoms with E-state index in [4.69, 9.17) is 4.74 Å². The summed E-state index contributed by atoms with van der Waals surface area (Å²) >= 11 is 1.35. The van der Waals surface area contributed by atoms with E-state index >= 15 is 0 Å². The van der Waals surface area contributed by atoms with Gasteiger partial charge in [-0.2, -0.15) is 0 Å². The van der Waals surface area contributed by atoms with E-state index in [1.807, 2.05) is 29.6 Å². The summed E-state index contributed by atoms with van der Waals surface area (Å²) < 4.78 is 5.59. The Kier molecular flexibility index (Phi) is 5.94. The molecule has 0 saturated carbocycles. The predicted molar refractivity (Wildman–Crippen MR) is 112 cm³/mol. The number of rotatable bonds is 7. The van der Waals surface area contributed by atoms with Crippen molar-refractivity contribution in [1.82, 2.24) is 9.97 Å². The van der Waals surface area contributed by atoms with Crippen LogP contribution in [0.2, 0.25) is 0 Å². The Morgan fingerprint density at radius 3 is 2.54 bits per heavy atom. The van der Waals surface area contributed by atoms with E-state index in [9.17, 15) is 9.59 Å². The topological polar surface area (TPSA) is 84.1 Å². The van der Waals surface area contributed by atoms with Crippen LogP contribution in [-0.2, 0) is 0 Å². The molecule has 6 nitrogen and oxygen atoms in total. The molecule has 0 aliphatic heterocycles. The van der Waals surface area contributed by atoms with Crippen LogP contribution in [-0.4, -0.2) is 28.3 Å². The Balaban J connectivity index is 1.73. The third kappa shape index (κ3) is 4.14. The lowest BCUT2D eigenvalue weighted by molar-refractivity contribution is 0.101. The van der Waals surface area contributed by atoms with Gasteiger partial charge in [-0.25, -0.2) is 4.98 Å². The number of ketones is 1. The van der Waals surface area contributed by atoms with Crippen LogP contribution in [0.5, 0.6) is 5.75 Å². The number of nitrogens with one attached hydrogen (secondary N) is 2. The molecule has 146 valence electrons. The van der Waals surface area contributed by atoms with Crippen LogP contribution in [0.15, 0.2) is 29.6 Å². The number of aromatic nitrogens is 2. The lowest BCUT2D eigenvalue weighted by Crippen LogP contribution is -2.13. The summed E-state index contributed by atoms with van der Waals surface area (Å²) in [6.45, 7) is 7.81. The summed E-state index contributed by atoms with van der Waals surface area (Å²) in [5.41, 5.74) is 4.03. The number of ether oxygens (including phenoxy) is 1. The number of aromatic amines is 1. The molecule has 1 amide bonds. The lowest BCUT2D eigenvalue weighted by Gasteiger charge is -2.04. The molecule has 2 aromatic heterocycles. The van der Waals surface area contributed by atoms with Crippen molar-refractivity contribution >= 4 is 28.2 Å². The second-order valence-corrected chi connectivity index (χ2v) is 7.40. The number of carbonyl (C=O) groups is 2. The Bertz CT molecular complexity index is 1000. The third-order valence-electron chi connectivity index (χ3n) is 4.36. The van der Waals surface area contributed by atoms with E-state index in [1.165, 1.54) is 18.3 Å². The highest BCUT2D eigenvalue weighted by Gasteiger charge is 2.20. The number of Topliss-reactive ketones (excluding diaryl/α,β-unsaturated/α-hetero) is 1. The minimum atomic E-state index is -0.308. The first-order valence-electron chi connectivity index (χ1n) is 9.11. The molecular weight excluding hydrogens is 374 g/mol. The maximum Gasteiger partial charge on any atom is 0.274 e. The first kappa shape index (κ1) is 19.8. The fraction of sp³-hybridized carbons (Fsp3) is 0.286. The van der Waals surface area contributed by atoms with E-state index in [-0.39, 0.29) is 11.7 Å². The molecule has 28 heavy (non-hydrogen) atoms. The molecule has 3 aromatic rings. The van der Waals surface area contributed by atoms with E-state index in [0.29, 0.717) is 34.3 Å². The summed E-state index contributed by atoms with van der Waals surface area (Å²) in [7, 11) is 0. The molecule has 0 atom stereocenters. The molecule has 0 fully saturated rings. The standard InChI is InChI=1S/C21H23N3O3S/c1-5-10-27-16-8-6-15(7-9-16)17-11-28-21(23-17)24-20(26)19-12(2)18(14(4)25)13(3)22-19/h6-9,11,22H,5,10H2,1-4H3,(H,23,24,26). The predicted octanol–water partition coefficient (Wildman–Crippen LogP) is 5.00. The van der Waals surface area contributed by atoms with Crippen LogP contribution in [0.25, 0.3) is 11.3 Å². The summed E-state index contributed by atoms with van der Waals surface area (Å²) in [5, 5.41) is 5.21. The smallest absolute Gasteiger partial charge is 0.274 e. The zero-order valence-corrected chi connectivity index (χ0v) is 17.2. The van der Waals surface area contributed by atoms with Gasteiger partial charge in [0.15, 0.2) is 10.9 Å². The van der Waals surface area contributed by atoms with E-state index in [1.54, 1.807) is 13.8 Å². The van der Waals surface area contributed by atoms with Crippen molar-refractivity contribution in [3.05, 3.63) is 52.2 Å². The second-order valence-electron chi connectivity index (χ2n) is 6.55. The SMILES string of the molecule is CCCOc1ccc(-c2csc(NC(=O)c3[nH]c(C)c(C(C)=O)c3C)n2)cc1. The van der Waals surface area contributed by atoms with Gasteiger partial charge in [-0.15, -0.1) is 11.3 Å². The number of amides is 1. The van der Waals surface area contributed by atoms with Crippen LogP contribution in [0.3, 0.4) is 0 Å². The molecule has 2 N–H and O–H groups in total. The van der Waals surface area contributed by atoms with Crippen molar-refractivity contribution in [2.24, 2.45) is 0 Å². The Hall–Kier alpha value is -2.93. The molecule has 2 heterocycles. The van der Waals surface area contributed by atoms with Gasteiger partial charge in [0.05, 0.1) is 12.3 Å². The number of thiazole rings is 1. The Morgan fingerprint density at radius 1 is 1.21 bits per heavy atom. The number of aryl methyl sites for hydroxylation is 1. The Labute approximate surface area is 168 Å². The molecule has 0 spiro atoms. The molecule has 0 unspecified atom stereocenters. The molecule has 0 aliphatic rings. The van der Waals surface area contributed by atoms with Crippen molar-refractivity contribution in [1.29, 1.82) is 0 Å². The molecule has 0 bridgehead atoms. The zero-order chi connectivity index (χ0) is 20.3. The molecule has 0 saturated heterocycles. The molecule has 3 rings (SSSR count). The fourth-order valence-electron chi connectivity index (χ4n) is 3.07. The summed E-state index contributed by atoms with van der Waals surface area (Å²) in [5.74, 6) is 0.457. The van der Waals surface area contributed by atoms with Gasteiger partial charge in [0.1, 0.15) is 11.4 Å². The number of hydrogen-bond acceptors (Lipinski definition) is 5. The van der Waals surface area contributed by atoms with Gasteiger partial charge < -0.3 is 9.72 Å². The van der Waals surface area contributed by atoms with Crippen LogP contribution >= 0.6 is 11.3 Å². The average molecular weight is 398 g/mol. The largest absolute Gasteiger partial charge is 0.494 e. The molecule has 1 aromatic carbocycles. The van der Waals surface area contributed by atoms with Crippen molar-refractivity contribution < 1.29 is 14.3 Å². The molecule has 0 aliphatic carbocycles. The minimum absolute atomic E-state index is 0.0619. The zero-order valence-electron chi connectivity index (χ0n) is 16.4. The quantitative estimate of drug-likeness (QED) is 0.550. The van der Waals surface area contributed by atoms with Gasteiger partial charge in [-0.1, -0.05) is 6.92 Å². The van der Waals surface area contributed by atoms with E-state index < -0.39 is 0 Å². The number of carbonyl (C=O) groups excluding carboxylic acids is 2. The molecule has 0 radical (unpaired) electrons. The highest BCUT2D eigenvalue weighted by atomic mass is 32.1. The van der Waals surface area contributed by atoms with Gasteiger partial charge in [-0.05, 0) is 57.0 Å². The highest BCUT2D eigenvalue weighted by Crippen LogP contribution is 2.27. The first-order chi connectivity index (χ1) is 13.4. The number of anilines is 1. The van der Waals surface area contributed by atoms with E-state index in [2.05, 4.69) is 22.2 Å². The van der Waals surface area contributed by atoms with Crippen molar-refractivity contribution in [3.63, 3.8) is 0 Å². The van der Waals surface area contributed by atoms with Crippen LogP contribution in [0.1, 0.15) is 52.4 Å². The third-order valence-corrected chi connectivity index (χ3v) is 5.12. The van der Waals surface area contributed by atoms with Crippen molar-refractivity contribution in [2.75, 3.05) is 11.9 Å². The maximum atomic E-state index is 12.6. The fourth-order valence-corrected chi connectivity index (χ4v) is 3.79. The summed E-state index contributed by atoms with van der Waals surface area (Å²) in [6.07, 6.45) is 0.963. The normalized spacial score (nSPS) is 10.7. The lowest BCUT2D eigenvalue weighted by atomic mass is 10.1. The van der Waals surface area contributed by atoms with Crippen LogP contribution < -0.4 is 10.1 Å². The van der Waals surface area contributed by atoms with Gasteiger partial charge in [0.25, 0.3) is 5.91 Å². The van der Waals surface area contributed by atoms with Gasteiger partial charge in [-0.3, -0.25) is 14.9 Å². The van der Waals surface area contributed by atoms with E-state index in [0.717, 1.165) is 23.4 Å². The van der Waals surface area contributed by atoms with Crippen molar-refractivity contribution in [2.45, 2.75) is 34.1 Å². The van der Waals surface area contributed by atoms with Gasteiger partial charge in [0, 0.05) is 22.2 Å². The maximum absolute atomic E-state index is 12.6. The van der Waals surface area contributed by atoms with Gasteiger partial charge >= 0.3 is 0 Å². The van der Waals surface area contributed by atoms with Crippen molar-refractivity contribution in [3.8, 4) is 17.0 Å². The van der Waals surface area contributed by atoms with Gasteiger partial charge in [0.2, 0.25) is 0 Å². The summed E-state index contributed by atoms with van der Waals surface area (Å²) in [4.78, 5) is 31.9. The summed E-state index contributed by atoms with van der Waals surface area (Å²) in [6, 6.07) is 7.72. The van der Waals surface area contributed by atoms with Crippen LogP contribution in [0.4, 0.5) is 5.13 Å². The molecule has 7 heteroatoms.